The quantitative estimate of drug-likeness (QED) is 0.587. The number of halogens is 3. The number of nitrogens with one attached hydrogen (secondary N) is 1. The lowest BCUT2D eigenvalue weighted by Crippen LogP contribution is -2.47. The highest BCUT2D eigenvalue weighted by molar-refractivity contribution is 5.78. The van der Waals surface area contributed by atoms with Gasteiger partial charge in [0.25, 0.3) is 5.92 Å². The van der Waals surface area contributed by atoms with Crippen LogP contribution in [0.3, 0.4) is 0 Å². The third-order valence-electron chi connectivity index (χ3n) is 3.70. The standard InChI is InChI=1S/C13H19F3N2O3/c1-3-6-20-11(19)12(2,14)4-5-18-10-9(7-21-18)17-8-13(10,15)16/h3,9-10,17H,1,4-8H2,2H3/t9-,10+,12?/m1/s1. The van der Waals surface area contributed by atoms with Crippen molar-refractivity contribution in [1.29, 1.82) is 0 Å². The van der Waals surface area contributed by atoms with Gasteiger partial charge in [0.15, 0.2) is 0 Å². The van der Waals surface area contributed by atoms with Gasteiger partial charge in [0.05, 0.1) is 19.2 Å². The first kappa shape index (κ1) is 16.3. The van der Waals surface area contributed by atoms with E-state index in [-0.39, 0.29) is 26.2 Å². The number of esters is 1. The monoisotopic (exact) mass is 308 g/mol. The molecule has 0 spiro atoms. The zero-order valence-corrected chi connectivity index (χ0v) is 11.8. The summed E-state index contributed by atoms with van der Waals surface area (Å²) in [4.78, 5) is 16.7. The van der Waals surface area contributed by atoms with Crippen molar-refractivity contribution in [2.24, 2.45) is 0 Å². The van der Waals surface area contributed by atoms with E-state index in [2.05, 4.69) is 16.6 Å². The van der Waals surface area contributed by atoms with Crippen molar-refractivity contribution < 1.29 is 27.5 Å². The van der Waals surface area contributed by atoms with Crippen molar-refractivity contribution in [2.45, 2.75) is 37.0 Å². The molecule has 1 unspecified atom stereocenters. The van der Waals surface area contributed by atoms with Crippen LogP contribution in [0, 0.1) is 0 Å². The SMILES string of the molecule is C=CCOC(=O)C(C)(F)CCN1OC[C@H]2NCC(F)(F)[C@H]21. The van der Waals surface area contributed by atoms with E-state index in [4.69, 9.17) is 4.84 Å². The van der Waals surface area contributed by atoms with Crippen molar-refractivity contribution in [2.75, 3.05) is 26.3 Å². The average Bonchev–Trinajstić information content (AvgIpc) is 2.96. The van der Waals surface area contributed by atoms with Crippen molar-refractivity contribution in [3.63, 3.8) is 0 Å². The molecule has 2 rings (SSSR count). The summed E-state index contributed by atoms with van der Waals surface area (Å²) < 4.78 is 46.3. The fraction of sp³-hybridized carbons (Fsp3) is 0.769. The van der Waals surface area contributed by atoms with E-state index in [1.165, 1.54) is 6.08 Å². The Labute approximate surface area is 121 Å². The minimum Gasteiger partial charge on any atom is -0.459 e. The highest BCUT2D eigenvalue weighted by atomic mass is 19.3. The van der Waals surface area contributed by atoms with Crippen LogP contribution in [-0.2, 0) is 14.4 Å². The lowest BCUT2D eigenvalue weighted by molar-refractivity contribution is -0.186. The molecule has 0 amide bonds. The number of nitrogens with zero attached hydrogens (tertiary/aromatic N) is 1. The molecule has 0 radical (unpaired) electrons. The molecule has 0 aromatic rings. The maximum Gasteiger partial charge on any atom is 0.343 e. The van der Waals surface area contributed by atoms with Crippen LogP contribution in [0.5, 0.6) is 0 Å². The summed E-state index contributed by atoms with van der Waals surface area (Å²) in [6.45, 7) is 3.91. The van der Waals surface area contributed by atoms with Gasteiger partial charge in [-0.15, -0.1) is 0 Å². The minimum atomic E-state index is -2.93. The second kappa shape index (κ2) is 5.94. The number of hydrogen-bond donors (Lipinski definition) is 1. The van der Waals surface area contributed by atoms with Gasteiger partial charge in [-0.3, -0.25) is 4.84 Å². The highest BCUT2D eigenvalue weighted by Crippen LogP contribution is 2.35. The fourth-order valence-electron chi connectivity index (χ4n) is 2.51. The third-order valence-corrected chi connectivity index (χ3v) is 3.70. The van der Waals surface area contributed by atoms with Gasteiger partial charge in [-0.1, -0.05) is 12.7 Å². The topological polar surface area (TPSA) is 50.8 Å². The number of rotatable bonds is 6. The number of alkyl halides is 3. The predicted molar refractivity (Wildman–Crippen MR) is 68.5 cm³/mol. The van der Waals surface area contributed by atoms with Gasteiger partial charge in [-0.25, -0.2) is 18.0 Å². The van der Waals surface area contributed by atoms with Crippen molar-refractivity contribution >= 4 is 5.97 Å². The molecule has 0 saturated carbocycles. The number of hydroxylamine groups is 2. The summed E-state index contributed by atoms with van der Waals surface area (Å²) in [6, 6.07) is -1.60. The van der Waals surface area contributed by atoms with Gasteiger partial charge in [0.2, 0.25) is 5.67 Å². The summed E-state index contributed by atoms with van der Waals surface area (Å²) in [5, 5.41) is 3.75. The van der Waals surface area contributed by atoms with Crippen LogP contribution in [0.1, 0.15) is 13.3 Å². The van der Waals surface area contributed by atoms with E-state index in [1.54, 1.807) is 0 Å². The molecule has 3 atom stereocenters. The van der Waals surface area contributed by atoms with E-state index in [0.29, 0.717) is 0 Å². The average molecular weight is 308 g/mol. The molecule has 0 aliphatic carbocycles. The van der Waals surface area contributed by atoms with E-state index in [1.807, 2.05) is 0 Å². The second-order valence-electron chi connectivity index (χ2n) is 5.46. The number of ether oxygens (including phenoxy) is 1. The summed E-state index contributed by atoms with van der Waals surface area (Å²) in [5.41, 5.74) is -2.26. The Morgan fingerprint density at radius 3 is 3.05 bits per heavy atom. The van der Waals surface area contributed by atoms with Gasteiger partial charge in [-0.2, -0.15) is 5.06 Å². The third kappa shape index (κ3) is 3.38. The van der Waals surface area contributed by atoms with Crippen molar-refractivity contribution in [3.05, 3.63) is 12.7 Å². The molecule has 2 fully saturated rings. The molecule has 120 valence electrons. The molecule has 5 nitrogen and oxygen atoms in total. The first-order valence-electron chi connectivity index (χ1n) is 6.76. The van der Waals surface area contributed by atoms with Crippen LogP contribution < -0.4 is 5.32 Å². The number of hydrogen-bond acceptors (Lipinski definition) is 5. The zero-order chi connectivity index (χ0) is 15.7. The van der Waals surface area contributed by atoms with Crippen LogP contribution in [0.15, 0.2) is 12.7 Å². The minimum absolute atomic E-state index is 0.0920. The van der Waals surface area contributed by atoms with Gasteiger partial charge in [-0.05, 0) is 6.92 Å². The lowest BCUT2D eigenvalue weighted by atomic mass is 10.0. The Kier molecular flexibility index (Phi) is 4.60. The summed E-state index contributed by atoms with van der Waals surface area (Å²) in [6.07, 6.45) is 1.04. The molecule has 2 saturated heterocycles. The molecule has 2 aliphatic heterocycles. The highest BCUT2D eigenvalue weighted by Gasteiger charge is 2.57. The number of carbonyl (C=O) groups is 1. The van der Waals surface area contributed by atoms with Gasteiger partial charge in [0.1, 0.15) is 12.6 Å². The van der Waals surface area contributed by atoms with Crippen LogP contribution in [0.25, 0.3) is 0 Å². The van der Waals surface area contributed by atoms with Crippen LogP contribution in [-0.4, -0.2) is 61.0 Å². The molecule has 21 heavy (non-hydrogen) atoms. The van der Waals surface area contributed by atoms with E-state index < -0.39 is 36.2 Å². The molecule has 0 aromatic heterocycles. The van der Waals surface area contributed by atoms with Crippen LogP contribution >= 0.6 is 0 Å². The molecular weight excluding hydrogens is 289 g/mol. The largest absolute Gasteiger partial charge is 0.459 e. The van der Waals surface area contributed by atoms with Crippen molar-refractivity contribution in [3.8, 4) is 0 Å². The second-order valence-corrected chi connectivity index (χ2v) is 5.46. The van der Waals surface area contributed by atoms with E-state index in [0.717, 1.165) is 12.0 Å². The molecule has 2 heterocycles. The Balaban J connectivity index is 1.90. The van der Waals surface area contributed by atoms with Crippen molar-refractivity contribution in [1.82, 2.24) is 10.4 Å². The smallest absolute Gasteiger partial charge is 0.343 e. The van der Waals surface area contributed by atoms with Crippen LogP contribution in [0.2, 0.25) is 0 Å². The zero-order valence-electron chi connectivity index (χ0n) is 11.8. The summed E-state index contributed by atoms with van der Waals surface area (Å²) >= 11 is 0. The van der Waals surface area contributed by atoms with Gasteiger partial charge < -0.3 is 10.1 Å². The molecule has 2 aliphatic rings. The van der Waals surface area contributed by atoms with E-state index in [9.17, 15) is 18.0 Å². The maximum atomic E-state index is 14.2. The summed E-state index contributed by atoms with van der Waals surface area (Å²) in [7, 11) is 0. The molecule has 0 aromatic carbocycles. The normalized spacial score (nSPS) is 30.7. The van der Waals surface area contributed by atoms with Gasteiger partial charge in [0, 0.05) is 13.0 Å². The predicted octanol–water partition coefficient (Wildman–Crippen LogP) is 1.06. The molecule has 0 bridgehead atoms. The molecular formula is C13H19F3N2O3. The fourth-order valence-corrected chi connectivity index (χ4v) is 2.51. The lowest BCUT2D eigenvalue weighted by Gasteiger charge is -2.28. The Morgan fingerprint density at radius 2 is 2.38 bits per heavy atom. The molecule has 1 N–H and O–H groups in total. The first-order chi connectivity index (χ1) is 9.78. The Bertz CT molecular complexity index is 417. The van der Waals surface area contributed by atoms with Crippen LogP contribution in [0.4, 0.5) is 13.2 Å². The van der Waals surface area contributed by atoms with Gasteiger partial charge >= 0.3 is 5.97 Å². The Hall–Kier alpha value is -1.12. The Morgan fingerprint density at radius 1 is 1.67 bits per heavy atom. The first-order valence-corrected chi connectivity index (χ1v) is 6.76. The summed E-state index contributed by atoms with van der Waals surface area (Å²) in [5.74, 6) is -3.97. The van der Waals surface area contributed by atoms with E-state index >= 15 is 0 Å². The maximum absolute atomic E-state index is 14.2. The number of fused-ring (bicyclic) bond motifs is 1. The number of carbonyl (C=O) groups excluding carboxylic acids is 1. The molecule has 8 heteroatoms.